The molecule has 1 aromatic rings. The van der Waals surface area contributed by atoms with Crippen LogP contribution in [0.2, 0.25) is 0 Å². The highest BCUT2D eigenvalue weighted by Gasteiger charge is 2.53. The van der Waals surface area contributed by atoms with Gasteiger partial charge in [0.2, 0.25) is 0 Å². The molecule has 0 spiro atoms. The highest BCUT2D eigenvalue weighted by atomic mass is 16.7. The molecule has 312 valence electrons. The van der Waals surface area contributed by atoms with Crippen LogP contribution in [0.15, 0.2) is 53.0 Å². The quantitative estimate of drug-likeness (QED) is 0.267. The molecule has 3 fully saturated rings. The average molecular weight is 784 g/mol. The number of likely N-dealkylation sites (N-methyl/N-ethyl adjacent to an activating group) is 1. The van der Waals surface area contributed by atoms with Crippen molar-refractivity contribution in [1.82, 2.24) is 4.90 Å². The van der Waals surface area contributed by atoms with Crippen LogP contribution >= 0.6 is 0 Å². The monoisotopic (exact) mass is 783 g/mol. The Morgan fingerprint density at radius 3 is 2.38 bits per heavy atom. The maximum atomic E-state index is 14.5. The van der Waals surface area contributed by atoms with E-state index in [4.69, 9.17) is 29.4 Å². The number of ketones is 1. The van der Waals surface area contributed by atoms with Crippen LogP contribution in [0.1, 0.15) is 80.2 Å². The minimum Gasteiger partial charge on any atom is -0.459 e. The fraction of sp³-hybridized carbons (Fsp3) is 0.674. The van der Waals surface area contributed by atoms with Crippen molar-refractivity contribution in [3.8, 4) is 0 Å². The number of ether oxygens (including phenoxy) is 5. The predicted molar refractivity (Wildman–Crippen MR) is 214 cm³/mol. The molecule has 0 saturated carbocycles. The molecule has 3 heterocycles. The molecule has 0 radical (unpaired) electrons. The number of hydrogen-bond acceptors (Lipinski definition) is 12. The number of fused-ring (bicyclic) bond motifs is 5. The standard InChI is InChI=1S/C43H65N3O10/c1-11-33-43(8,51)39-27(4)35(45-34(47)22-44)25(2)21-42(7,53-24-31(23-52-39)19-15-18-30-16-13-12-14-17-30)38(28(5)36(48)29(6)40(50)55-33)56-41-37(49)32(46(9)10)20-26(3)54-41/h12-19,25-29,32-33,37-39,41,49,51H,11,20-24,44H2,1-10H3/b18-15+,31-19+,45-35?/t25-,26-,27+,28+,29-,32+,33-,37-,38-,39?,41+,42-,43-/m1/s1. The average Bonchev–Trinajstić information content (AvgIpc) is 3.17. The number of esters is 1. The largest absolute Gasteiger partial charge is 0.459 e. The second-order valence-electron chi connectivity index (χ2n) is 16.6. The van der Waals surface area contributed by atoms with Crippen LogP contribution in [0.3, 0.4) is 0 Å². The molecule has 3 saturated heterocycles. The maximum Gasteiger partial charge on any atom is 0.316 e. The molecular formula is C43H65N3O10. The van der Waals surface area contributed by atoms with Gasteiger partial charge in [-0.1, -0.05) is 76.3 Å². The number of carbonyl (C=O) groups is 3. The number of hydrogen-bond donors (Lipinski definition) is 3. The molecule has 13 heteroatoms. The number of Topliss-reactive ketones (excluding diaryl/α,β-unsaturated/α-hetero) is 1. The predicted octanol–water partition coefficient (Wildman–Crippen LogP) is 4.13. The van der Waals surface area contributed by atoms with Crippen molar-refractivity contribution >= 4 is 29.4 Å². The second kappa shape index (κ2) is 19.5. The number of nitrogens with zero attached hydrogens (tertiary/aromatic N) is 2. The molecule has 13 atom stereocenters. The van der Waals surface area contributed by atoms with Gasteiger partial charge in [0.15, 0.2) is 12.1 Å². The van der Waals surface area contributed by atoms with Gasteiger partial charge in [-0.25, -0.2) is 4.99 Å². The molecule has 3 aliphatic heterocycles. The molecule has 0 aromatic heterocycles. The summed E-state index contributed by atoms with van der Waals surface area (Å²) in [6, 6.07) is 9.49. The van der Waals surface area contributed by atoms with Crippen molar-refractivity contribution in [2.45, 2.75) is 129 Å². The smallest absolute Gasteiger partial charge is 0.316 e. The zero-order chi connectivity index (χ0) is 41.5. The van der Waals surface area contributed by atoms with E-state index in [-0.39, 0.29) is 44.7 Å². The van der Waals surface area contributed by atoms with E-state index in [1.54, 1.807) is 20.8 Å². The number of amides is 1. The van der Waals surface area contributed by atoms with Crippen LogP contribution in [-0.4, -0.2) is 126 Å². The first-order valence-electron chi connectivity index (χ1n) is 19.9. The van der Waals surface area contributed by atoms with Gasteiger partial charge in [0.25, 0.3) is 5.91 Å². The SMILES string of the molecule is CC[C@H]1OC(=O)[C@H](C)C(=O)[C@H](C)[C@@H](O[C@@H]2O[C@H](C)C[C@H](N(C)C)[C@H]2O)[C@@]2(C)C[C@@H](C)C(=NC(=O)CN)[C@H](C)C(OC/C(=C\C=C\c3ccccc3)CO2)[C@]1(C)O. The van der Waals surface area contributed by atoms with Gasteiger partial charge >= 0.3 is 5.97 Å². The third-order valence-corrected chi connectivity index (χ3v) is 11.7. The molecule has 2 bridgehead atoms. The first-order valence-corrected chi connectivity index (χ1v) is 19.9. The summed E-state index contributed by atoms with van der Waals surface area (Å²) >= 11 is 0. The summed E-state index contributed by atoms with van der Waals surface area (Å²) < 4.78 is 32.6. The molecule has 1 amide bonds. The molecule has 3 aliphatic rings. The van der Waals surface area contributed by atoms with Gasteiger partial charge in [-0.05, 0) is 78.1 Å². The van der Waals surface area contributed by atoms with E-state index in [9.17, 15) is 24.6 Å². The number of carbonyl (C=O) groups excluding carboxylic acids is 3. The lowest BCUT2D eigenvalue weighted by atomic mass is 9.73. The van der Waals surface area contributed by atoms with E-state index in [0.29, 0.717) is 17.7 Å². The second-order valence-corrected chi connectivity index (χ2v) is 16.6. The number of aliphatic hydroxyl groups is 2. The lowest BCUT2D eigenvalue weighted by Crippen LogP contribution is -2.60. The summed E-state index contributed by atoms with van der Waals surface area (Å²) in [7, 11) is 3.75. The van der Waals surface area contributed by atoms with Gasteiger partial charge < -0.3 is 44.5 Å². The van der Waals surface area contributed by atoms with E-state index in [1.165, 1.54) is 6.92 Å². The summed E-state index contributed by atoms with van der Waals surface area (Å²) in [6.07, 6.45) is 0.903. The summed E-state index contributed by atoms with van der Waals surface area (Å²) in [6.45, 7) is 13.6. The number of aliphatic imine (C=N–C) groups is 1. The maximum absolute atomic E-state index is 14.5. The Morgan fingerprint density at radius 2 is 1.75 bits per heavy atom. The third-order valence-electron chi connectivity index (χ3n) is 11.7. The lowest BCUT2D eigenvalue weighted by molar-refractivity contribution is -0.296. The van der Waals surface area contributed by atoms with Crippen molar-refractivity contribution in [3.63, 3.8) is 0 Å². The summed E-state index contributed by atoms with van der Waals surface area (Å²) in [5.74, 6) is -5.29. The van der Waals surface area contributed by atoms with Crippen LogP contribution in [0, 0.1) is 23.7 Å². The number of aliphatic hydroxyl groups excluding tert-OH is 1. The van der Waals surface area contributed by atoms with Crippen molar-refractivity contribution < 1.29 is 48.3 Å². The van der Waals surface area contributed by atoms with Crippen molar-refractivity contribution in [2.75, 3.05) is 33.9 Å². The number of allylic oxidation sites excluding steroid dienone is 2. The summed E-state index contributed by atoms with van der Waals surface area (Å²) in [5, 5.41) is 24.1. The van der Waals surface area contributed by atoms with Crippen LogP contribution in [0.4, 0.5) is 0 Å². The van der Waals surface area contributed by atoms with Gasteiger partial charge in [-0.2, -0.15) is 0 Å². The van der Waals surface area contributed by atoms with Crippen LogP contribution in [-0.2, 0) is 38.1 Å². The highest BCUT2D eigenvalue weighted by Crippen LogP contribution is 2.40. The van der Waals surface area contributed by atoms with Crippen LogP contribution < -0.4 is 5.73 Å². The van der Waals surface area contributed by atoms with Crippen LogP contribution in [0.25, 0.3) is 6.08 Å². The topological polar surface area (TPSA) is 179 Å². The van der Waals surface area contributed by atoms with Gasteiger partial charge in [-0.15, -0.1) is 0 Å². The van der Waals surface area contributed by atoms with Crippen molar-refractivity contribution in [3.05, 3.63) is 53.6 Å². The Bertz CT molecular complexity index is 1590. The van der Waals surface area contributed by atoms with Crippen LogP contribution in [0.5, 0.6) is 0 Å². The Kier molecular flexibility index (Phi) is 15.9. The van der Waals surface area contributed by atoms with Gasteiger partial charge in [0.1, 0.15) is 23.7 Å². The number of rotatable bonds is 7. The molecule has 0 aliphatic carbocycles. The Hall–Kier alpha value is -3.14. The van der Waals surface area contributed by atoms with E-state index in [2.05, 4.69) is 4.99 Å². The number of benzene rings is 1. The Balaban J connectivity index is 1.98. The number of nitrogens with two attached hydrogens (primary N) is 1. The third kappa shape index (κ3) is 10.7. The fourth-order valence-electron chi connectivity index (χ4n) is 8.54. The normalized spacial score (nSPS) is 39.6. The number of cyclic esters (lactones) is 1. The van der Waals surface area contributed by atoms with E-state index in [0.717, 1.165) is 5.56 Å². The minimum atomic E-state index is -1.81. The Morgan fingerprint density at radius 1 is 1.07 bits per heavy atom. The molecular weight excluding hydrogens is 718 g/mol. The zero-order valence-corrected chi connectivity index (χ0v) is 34.8. The first kappa shape index (κ1) is 45.6. The fourth-order valence-corrected chi connectivity index (χ4v) is 8.54. The van der Waals surface area contributed by atoms with Gasteiger partial charge in [-0.3, -0.25) is 14.4 Å². The molecule has 4 N–H and O–H groups in total. The lowest BCUT2D eigenvalue weighted by Gasteiger charge is -2.47. The molecule has 1 aromatic carbocycles. The first-order chi connectivity index (χ1) is 26.3. The molecule has 1 unspecified atom stereocenters. The molecule has 4 rings (SSSR count). The Labute approximate surface area is 332 Å². The van der Waals surface area contributed by atoms with E-state index >= 15 is 0 Å². The summed E-state index contributed by atoms with van der Waals surface area (Å²) in [4.78, 5) is 47.8. The zero-order valence-electron chi connectivity index (χ0n) is 34.8. The van der Waals surface area contributed by atoms with Crippen molar-refractivity contribution in [1.29, 1.82) is 0 Å². The summed E-state index contributed by atoms with van der Waals surface area (Å²) in [5.41, 5.74) is 4.73. The van der Waals surface area contributed by atoms with E-state index in [1.807, 2.05) is 95.3 Å². The molecule has 13 nitrogen and oxygen atoms in total. The highest BCUT2D eigenvalue weighted by molar-refractivity contribution is 6.00. The van der Waals surface area contributed by atoms with Gasteiger partial charge in [0.05, 0.1) is 43.7 Å². The van der Waals surface area contributed by atoms with E-state index < -0.39 is 83.2 Å². The molecule has 56 heavy (non-hydrogen) atoms. The van der Waals surface area contributed by atoms with Crippen molar-refractivity contribution in [2.24, 2.45) is 34.4 Å². The minimum absolute atomic E-state index is 0.0138. The van der Waals surface area contributed by atoms with Gasteiger partial charge in [0, 0.05) is 23.6 Å².